The second-order valence-corrected chi connectivity index (χ2v) is 9.89. The number of aromatic carboxylic acids is 2. The molecule has 2 N–H and O–H groups in total. The summed E-state index contributed by atoms with van der Waals surface area (Å²) < 4.78 is 44.6. The number of carboxylic acids is 2. The summed E-state index contributed by atoms with van der Waals surface area (Å²) in [6.07, 6.45) is 1.72. The molecular weight excluding hydrogens is 545 g/mol. The van der Waals surface area contributed by atoms with Gasteiger partial charge >= 0.3 is 18.1 Å². The number of alkyl halides is 3. The molecule has 4 aromatic carbocycles. The zero-order chi connectivity index (χ0) is 30.1. The first kappa shape index (κ1) is 30.1. The van der Waals surface area contributed by atoms with Crippen LogP contribution < -0.4 is 4.74 Å². The van der Waals surface area contributed by atoms with Crippen molar-refractivity contribution in [2.45, 2.75) is 32.0 Å². The van der Waals surface area contributed by atoms with Crippen LogP contribution in [-0.2, 0) is 25.6 Å². The normalized spacial score (nSPS) is 12.3. The van der Waals surface area contributed by atoms with Gasteiger partial charge in [0.1, 0.15) is 12.4 Å². The first-order valence-electron chi connectivity index (χ1n) is 13.3. The molecule has 216 valence electrons. The Hall–Kier alpha value is -4.85. The molecule has 1 atom stereocenters. The fourth-order valence-electron chi connectivity index (χ4n) is 4.46. The quantitative estimate of drug-likeness (QED) is 0.178. The number of carboxylic acid groups (broad SMARTS) is 2. The molecule has 0 fully saturated rings. The van der Waals surface area contributed by atoms with Crippen LogP contribution in [0, 0.1) is 5.92 Å². The molecular formula is C34H29F3O5. The van der Waals surface area contributed by atoms with Gasteiger partial charge in [-0.2, -0.15) is 13.2 Å². The van der Waals surface area contributed by atoms with E-state index in [1.807, 2.05) is 24.3 Å². The maximum atomic E-state index is 12.9. The number of hydrogen-bond acceptors (Lipinski definition) is 3. The predicted octanol–water partition coefficient (Wildman–Crippen LogP) is 8.19. The van der Waals surface area contributed by atoms with Crippen LogP contribution in [0.5, 0.6) is 5.75 Å². The molecule has 0 spiro atoms. The molecule has 0 heterocycles. The van der Waals surface area contributed by atoms with E-state index in [-0.39, 0.29) is 23.7 Å². The van der Waals surface area contributed by atoms with Crippen molar-refractivity contribution in [1.29, 1.82) is 0 Å². The van der Waals surface area contributed by atoms with E-state index in [2.05, 4.69) is 6.08 Å². The summed E-state index contributed by atoms with van der Waals surface area (Å²) in [5.41, 5.74) is 3.11. The van der Waals surface area contributed by atoms with E-state index in [0.29, 0.717) is 24.2 Å². The molecule has 0 saturated carbocycles. The molecule has 0 aromatic heterocycles. The number of rotatable bonds is 12. The Bertz CT molecular complexity index is 1520. The number of allylic oxidation sites excluding steroid dienone is 1. The second kappa shape index (κ2) is 13.7. The van der Waals surface area contributed by atoms with Crippen LogP contribution in [0.2, 0.25) is 0 Å². The fourth-order valence-corrected chi connectivity index (χ4v) is 4.46. The minimum Gasteiger partial charge on any atom is -0.488 e. The number of hydrogen-bond donors (Lipinski definition) is 2. The van der Waals surface area contributed by atoms with Crippen molar-refractivity contribution in [3.8, 4) is 5.75 Å². The van der Waals surface area contributed by atoms with Crippen molar-refractivity contribution in [2.24, 2.45) is 5.92 Å². The van der Waals surface area contributed by atoms with Crippen LogP contribution in [0.4, 0.5) is 13.2 Å². The van der Waals surface area contributed by atoms with Crippen molar-refractivity contribution in [2.75, 3.05) is 0 Å². The van der Waals surface area contributed by atoms with Gasteiger partial charge in [-0.1, -0.05) is 66.7 Å². The Labute approximate surface area is 241 Å². The summed E-state index contributed by atoms with van der Waals surface area (Å²) in [5, 5.41) is 18.4. The first-order valence-corrected chi connectivity index (χ1v) is 13.3. The molecule has 0 amide bonds. The number of benzene rings is 4. The molecule has 1 unspecified atom stereocenters. The summed E-state index contributed by atoms with van der Waals surface area (Å²) in [4.78, 5) is 22.4. The van der Waals surface area contributed by atoms with E-state index >= 15 is 0 Å². The Kier molecular flexibility index (Phi) is 9.81. The highest BCUT2D eigenvalue weighted by Crippen LogP contribution is 2.30. The van der Waals surface area contributed by atoms with Gasteiger partial charge in [0.05, 0.1) is 16.7 Å². The largest absolute Gasteiger partial charge is 0.488 e. The smallest absolute Gasteiger partial charge is 0.416 e. The predicted molar refractivity (Wildman–Crippen MR) is 154 cm³/mol. The highest BCUT2D eigenvalue weighted by molar-refractivity contribution is 5.88. The number of aryl methyl sites for hydroxylation is 1. The molecule has 0 bridgehead atoms. The van der Waals surface area contributed by atoms with Gasteiger partial charge in [-0.25, -0.2) is 9.59 Å². The average molecular weight is 575 g/mol. The monoisotopic (exact) mass is 574 g/mol. The molecule has 4 rings (SSSR count). The van der Waals surface area contributed by atoms with E-state index in [1.54, 1.807) is 54.6 Å². The van der Waals surface area contributed by atoms with E-state index < -0.39 is 23.7 Å². The van der Waals surface area contributed by atoms with Gasteiger partial charge in [0.25, 0.3) is 0 Å². The third kappa shape index (κ3) is 8.57. The number of ether oxygens (including phenoxy) is 1. The molecule has 5 nitrogen and oxygen atoms in total. The minimum atomic E-state index is -4.40. The van der Waals surface area contributed by atoms with Gasteiger partial charge in [-0.05, 0) is 84.3 Å². The molecule has 0 radical (unpaired) electrons. The number of carbonyl (C=O) groups is 2. The fraction of sp³-hybridized carbons (Fsp3) is 0.176. The molecule has 8 heteroatoms. The van der Waals surface area contributed by atoms with E-state index in [9.17, 15) is 27.9 Å². The number of halogens is 3. The van der Waals surface area contributed by atoms with Crippen molar-refractivity contribution >= 4 is 18.0 Å². The first-order chi connectivity index (χ1) is 20.1. The molecule has 0 saturated heterocycles. The summed E-state index contributed by atoms with van der Waals surface area (Å²) in [6.45, 7) is 0.106. The number of para-hydroxylation sites is 1. The van der Waals surface area contributed by atoms with Crippen LogP contribution in [0.3, 0.4) is 0 Å². The third-order valence-corrected chi connectivity index (χ3v) is 6.85. The van der Waals surface area contributed by atoms with Gasteiger partial charge in [0.2, 0.25) is 0 Å². The summed E-state index contributed by atoms with van der Waals surface area (Å²) in [5.74, 6) is -1.33. The van der Waals surface area contributed by atoms with Gasteiger partial charge in [-0.15, -0.1) is 0 Å². The summed E-state index contributed by atoms with van der Waals surface area (Å²) in [7, 11) is 0. The van der Waals surface area contributed by atoms with Crippen molar-refractivity contribution in [3.63, 3.8) is 0 Å². The Morgan fingerprint density at radius 3 is 1.86 bits per heavy atom. The Morgan fingerprint density at radius 2 is 1.29 bits per heavy atom. The maximum absolute atomic E-state index is 12.9. The topological polar surface area (TPSA) is 83.8 Å². The molecule has 42 heavy (non-hydrogen) atoms. The van der Waals surface area contributed by atoms with Crippen LogP contribution in [0.15, 0.2) is 103 Å². The molecule has 0 aliphatic carbocycles. The Morgan fingerprint density at radius 1 is 0.738 bits per heavy atom. The average Bonchev–Trinajstić information content (AvgIpc) is 2.98. The van der Waals surface area contributed by atoms with Crippen LogP contribution in [0.1, 0.15) is 55.0 Å². The van der Waals surface area contributed by atoms with Crippen LogP contribution in [0.25, 0.3) is 6.08 Å². The maximum Gasteiger partial charge on any atom is 0.416 e. The SMILES string of the molecule is O=C(O)c1ccc(CCC(C=Cc2ccccc2OCc2ccc(C(F)(F)F)cc2)Cc2ccc(C(=O)O)cc2)cc1. The zero-order valence-electron chi connectivity index (χ0n) is 22.6. The van der Waals surface area contributed by atoms with E-state index in [1.165, 1.54) is 12.1 Å². The van der Waals surface area contributed by atoms with Gasteiger partial charge < -0.3 is 14.9 Å². The van der Waals surface area contributed by atoms with Gasteiger partial charge in [0.15, 0.2) is 0 Å². The lowest BCUT2D eigenvalue weighted by Crippen LogP contribution is -2.05. The highest BCUT2D eigenvalue weighted by Gasteiger charge is 2.29. The standard InChI is InChI=1S/C34H29F3O5/c35-34(36,37)30-19-12-26(13-20-30)22-42-31-4-2-1-3-27(31)14-9-24(21-25-10-17-29(18-11-25)33(40)41)6-5-23-7-15-28(16-8-23)32(38)39/h1-4,7-20,24H,5-6,21-22H2,(H,38,39)(H,40,41). The van der Waals surface area contributed by atoms with Crippen LogP contribution in [-0.4, -0.2) is 22.2 Å². The third-order valence-electron chi connectivity index (χ3n) is 6.85. The Balaban J connectivity index is 1.49. The molecule has 4 aromatic rings. The highest BCUT2D eigenvalue weighted by atomic mass is 19.4. The van der Waals surface area contributed by atoms with Gasteiger partial charge in [0, 0.05) is 5.56 Å². The van der Waals surface area contributed by atoms with Crippen molar-refractivity contribution in [1.82, 2.24) is 0 Å². The summed E-state index contributed by atoms with van der Waals surface area (Å²) >= 11 is 0. The molecule has 0 aliphatic heterocycles. The van der Waals surface area contributed by atoms with Crippen molar-refractivity contribution in [3.05, 3.63) is 142 Å². The lowest BCUT2D eigenvalue weighted by Gasteiger charge is -2.15. The summed E-state index contributed by atoms with van der Waals surface area (Å²) in [6, 6.07) is 25.8. The lowest BCUT2D eigenvalue weighted by molar-refractivity contribution is -0.137. The van der Waals surface area contributed by atoms with Crippen molar-refractivity contribution < 1.29 is 37.7 Å². The minimum absolute atomic E-state index is 0.0581. The zero-order valence-corrected chi connectivity index (χ0v) is 22.6. The van der Waals surface area contributed by atoms with E-state index in [0.717, 1.165) is 35.2 Å². The second-order valence-electron chi connectivity index (χ2n) is 9.89. The van der Waals surface area contributed by atoms with Gasteiger partial charge in [-0.3, -0.25) is 0 Å². The lowest BCUT2D eigenvalue weighted by atomic mass is 9.91. The van der Waals surface area contributed by atoms with Crippen LogP contribution >= 0.6 is 0 Å². The van der Waals surface area contributed by atoms with E-state index in [4.69, 9.17) is 9.84 Å². The molecule has 0 aliphatic rings.